The van der Waals surface area contributed by atoms with Gasteiger partial charge in [0.05, 0.1) is 0 Å². The molecule has 0 heterocycles. The third-order valence-corrected chi connectivity index (χ3v) is 2.66. The number of rotatable bonds is 5. The SMILES string of the molecule is NNC(CCC(F)(F)F)Cc1ccc(Cl)cc1. The van der Waals surface area contributed by atoms with Gasteiger partial charge in [-0.1, -0.05) is 23.7 Å². The van der Waals surface area contributed by atoms with Crippen LogP contribution >= 0.6 is 11.6 Å². The maximum Gasteiger partial charge on any atom is 0.389 e. The topological polar surface area (TPSA) is 38.0 Å². The summed E-state index contributed by atoms with van der Waals surface area (Å²) in [6.45, 7) is 0. The number of hydrogen-bond donors (Lipinski definition) is 2. The zero-order valence-electron chi connectivity index (χ0n) is 9.10. The molecule has 0 bridgehead atoms. The minimum atomic E-state index is -4.14. The number of halogens is 4. The van der Waals surface area contributed by atoms with Gasteiger partial charge >= 0.3 is 6.18 Å². The van der Waals surface area contributed by atoms with Gasteiger partial charge in [-0.15, -0.1) is 0 Å². The van der Waals surface area contributed by atoms with Gasteiger partial charge in [0.15, 0.2) is 0 Å². The van der Waals surface area contributed by atoms with Crippen molar-refractivity contribution in [1.82, 2.24) is 5.43 Å². The Morgan fingerprint density at radius 2 is 1.82 bits per heavy atom. The number of hydrogen-bond acceptors (Lipinski definition) is 2. The van der Waals surface area contributed by atoms with Gasteiger partial charge in [-0.3, -0.25) is 11.3 Å². The van der Waals surface area contributed by atoms with Crippen LogP contribution < -0.4 is 11.3 Å². The van der Waals surface area contributed by atoms with E-state index < -0.39 is 18.6 Å². The number of nitrogens with one attached hydrogen (secondary N) is 1. The Morgan fingerprint density at radius 3 is 2.29 bits per heavy atom. The molecule has 0 radical (unpaired) electrons. The van der Waals surface area contributed by atoms with Crippen molar-refractivity contribution < 1.29 is 13.2 Å². The maximum absolute atomic E-state index is 12.1. The predicted octanol–water partition coefficient (Wildman–Crippen LogP) is 3.06. The summed E-state index contributed by atoms with van der Waals surface area (Å²) in [5, 5.41) is 0.598. The van der Waals surface area contributed by atoms with E-state index in [2.05, 4.69) is 5.43 Å². The van der Waals surface area contributed by atoms with Crippen molar-refractivity contribution in [2.75, 3.05) is 0 Å². The van der Waals surface area contributed by atoms with Crippen LogP contribution in [-0.4, -0.2) is 12.2 Å². The molecular weight excluding hydrogens is 253 g/mol. The van der Waals surface area contributed by atoms with E-state index in [4.69, 9.17) is 17.4 Å². The molecule has 1 atom stereocenters. The monoisotopic (exact) mass is 266 g/mol. The Bertz CT molecular complexity index is 338. The fourth-order valence-corrected chi connectivity index (χ4v) is 1.61. The largest absolute Gasteiger partial charge is 0.389 e. The summed E-state index contributed by atoms with van der Waals surface area (Å²) in [7, 11) is 0. The van der Waals surface area contributed by atoms with Crippen LogP contribution in [0.2, 0.25) is 5.02 Å². The lowest BCUT2D eigenvalue weighted by molar-refractivity contribution is -0.136. The van der Waals surface area contributed by atoms with Crippen LogP contribution in [0.5, 0.6) is 0 Å². The highest BCUT2D eigenvalue weighted by molar-refractivity contribution is 6.30. The average molecular weight is 267 g/mol. The third-order valence-electron chi connectivity index (χ3n) is 2.41. The highest BCUT2D eigenvalue weighted by atomic mass is 35.5. The van der Waals surface area contributed by atoms with E-state index in [0.29, 0.717) is 11.4 Å². The lowest BCUT2D eigenvalue weighted by atomic mass is 10.0. The molecule has 0 aliphatic heterocycles. The molecule has 17 heavy (non-hydrogen) atoms. The molecule has 1 rings (SSSR count). The summed E-state index contributed by atoms with van der Waals surface area (Å²) in [5.74, 6) is 5.24. The van der Waals surface area contributed by atoms with Gasteiger partial charge < -0.3 is 0 Å². The molecule has 3 N–H and O–H groups in total. The Morgan fingerprint density at radius 1 is 1.24 bits per heavy atom. The second kappa shape index (κ2) is 6.23. The molecule has 0 aliphatic carbocycles. The predicted molar refractivity (Wildman–Crippen MR) is 61.6 cm³/mol. The van der Waals surface area contributed by atoms with Gasteiger partial charge in [-0.05, 0) is 30.5 Å². The first-order chi connectivity index (χ1) is 7.90. The molecule has 96 valence electrons. The standard InChI is InChI=1S/C11H14ClF3N2/c12-9-3-1-8(2-4-9)7-10(17-16)5-6-11(13,14)15/h1-4,10,17H,5-7,16H2. The fraction of sp³-hybridized carbons (Fsp3) is 0.455. The van der Waals surface area contributed by atoms with Crippen molar-refractivity contribution in [3.8, 4) is 0 Å². The van der Waals surface area contributed by atoms with Crippen molar-refractivity contribution in [2.24, 2.45) is 5.84 Å². The molecule has 6 heteroatoms. The highest BCUT2D eigenvalue weighted by Gasteiger charge is 2.28. The van der Waals surface area contributed by atoms with E-state index in [1.165, 1.54) is 0 Å². The van der Waals surface area contributed by atoms with E-state index in [9.17, 15) is 13.2 Å². The molecule has 1 unspecified atom stereocenters. The Hall–Kier alpha value is -0.780. The summed E-state index contributed by atoms with van der Waals surface area (Å²) in [6.07, 6.45) is -4.57. The summed E-state index contributed by atoms with van der Waals surface area (Å²) >= 11 is 5.71. The van der Waals surface area contributed by atoms with Crippen molar-refractivity contribution >= 4 is 11.6 Å². The molecule has 0 spiro atoms. The van der Waals surface area contributed by atoms with E-state index in [-0.39, 0.29) is 6.42 Å². The van der Waals surface area contributed by atoms with Crippen LogP contribution in [0, 0.1) is 0 Å². The minimum absolute atomic E-state index is 0.0391. The number of nitrogens with two attached hydrogens (primary N) is 1. The van der Waals surface area contributed by atoms with Gasteiger partial charge in [0, 0.05) is 17.5 Å². The average Bonchev–Trinajstić information content (AvgIpc) is 2.25. The zero-order chi connectivity index (χ0) is 12.9. The van der Waals surface area contributed by atoms with Gasteiger partial charge in [0.1, 0.15) is 0 Å². The van der Waals surface area contributed by atoms with Gasteiger partial charge in [-0.2, -0.15) is 13.2 Å². The van der Waals surface area contributed by atoms with Crippen LogP contribution in [0.15, 0.2) is 24.3 Å². The molecule has 0 fully saturated rings. The van der Waals surface area contributed by atoms with E-state index in [1.54, 1.807) is 24.3 Å². The minimum Gasteiger partial charge on any atom is -0.271 e. The lowest BCUT2D eigenvalue weighted by Gasteiger charge is -2.16. The normalized spacial score (nSPS) is 13.7. The Labute approximate surface area is 103 Å². The molecule has 0 aromatic heterocycles. The molecule has 1 aromatic rings. The molecule has 0 saturated carbocycles. The smallest absolute Gasteiger partial charge is 0.271 e. The number of benzene rings is 1. The summed E-state index contributed by atoms with van der Waals surface area (Å²) in [5.41, 5.74) is 3.31. The van der Waals surface area contributed by atoms with Crippen LogP contribution in [0.25, 0.3) is 0 Å². The van der Waals surface area contributed by atoms with Crippen LogP contribution in [0.3, 0.4) is 0 Å². The molecule has 0 aliphatic rings. The molecule has 0 saturated heterocycles. The number of hydrazine groups is 1. The Kier molecular flexibility index (Phi) is 5.24. The zero-order valence-corrected chi connectivity index (χ0v) is 9.85. The van der Waals surface area contributed by atoms with Crippen LogP contribution in [0.4, 0.5) is 13.2 Å². The summed E-state index contributed by atoms with van der Waals surface area (Å²) in [6, 6.07) is 6.57. The second-order valence-corrected chi connectivity index (χ2v) is 4.28. The highest BCUT2D eigenvalue weighted by Crippen LogP contribution is 2.23. The molecule has 2 nitrogen and oxygen atoms in total. The van der Waals surface area contributed by atoms with E-state index in [0.717, 1.165) is 5.56 Å². The maximum atomic E-state index is 12.1. The summed E-state index contributed by atoms with van der Waals surface area (Å²) in [4.78, 5) is 0. The van der Waals surface area contributed by atoms with Crippen LogP contribution in [0.1, 0.15) is 18.4 Å². The van der Waals surface area contributed by atoms with Gasteiger partial charge in [-0.25, -0.2) is 0 Å². The van der Waals surface area contributed by atoms with Gasteiger partial charge in [0.2, 0.25) is 0 Å². The Balaban J connectivity index is 2.49. The molecular formula is C11H14ClF3N2. The number of alkyl halides is 3. The van der Waals surface area contributed by atoms with Crippen molar-refractivity contribution in [1.29, 1.82) is 0 Å². The lowest BCUT2D eigenvalue weighted by Crippen LogP contribution is -2.37. The fourth-order valence-electron chi connectivity index (χ4n) is 1.49. The first kappa shape index (κ1) is 14.3. The quantitative estimate of drug-likeness (QED) is 0.635. The van der Waals surface area contributed by atoms with E-state index >= 15 is 0 Å². The van der Waals surface area contributed by atoms with Gasteiger partial charge in [0.25, 0.3) is 0 Å². The molecule has 0 amide bonds. The first-order valence-electron chi connectivity index (χ1n) is 5.18. The van der Waals surface area contributed by atoms with E-state index in [1.807, 2.05) is 0 Å². The van der Waals surface area contributed by atoms with Crippen LogP contribution in [-0.2, 0) is 6.42 Å². The molecule has 1 aromatic carbocycles. The summed E-state index contributed by atoms with van der Waals surface area (Å²) < 4.78 is 36.2. The first-order valence-corrected chi connectivity index (χ1v) is 5.56. The van der Waals surface area contributed by atoms with Crippen molar-refractivity contribution in [3.05, 3.63) is 34.9 Å². The van der Waals surface area contributed by atoms with Crippen molar-refractivity contribution in [3.63, 3.8) is 0 Å². The van der Waals surface area contributed by atoms with Crippen molar-refractivity contribution in [2.45, 2.75) is 31.5 Å². The third kappa shape index (κ3) is 5.91. The second-order valence-electron chi connectivity index (χ2n) is 3.85.